The summed E-state index contributed by atoms with van der Waals surface area (Å²) in [4.78, 5) is 0. The Kier molecular flexibility index (Phi) is 6.84. The molecule has 0 radical (unpaired) electrons. The molecule has 1 atom stereocenters. The van der Waals surface area contributed by atoms with Gasteiger partial charge in [0.15, 0.2) is 0 Å². The molecule has 0 aromatic heterocycles. The minimum atomic E-state index is -0.942. The van der Waals surface area contributed by atoms with Gasteiger partial charge in [0.25, 0.3) is 0 Å². The summed E-state index contributed by atoms with van der Waals surface area (Å²) in [7, 11) is 0. The van der Waals surface area contributed by atoms with Gasteiger partial charge in [-0.2, -0.15) is 0 Å². The highest BCUT2D eigenvalue weighted by Gasteiger charge is 2.07. The zero-order valence-electron chi connectivity index (χ0n) is 8.29. The van der Waals surface area contributed by atoms with Gasteiger partial charge in [0, 0.05) is 17.4 Å². The fourth-order valence-electron chi connectivity index (χ4n) is 0.681. The van der Waals surface area contributed by atoms with E-state index in [1.165, 1.54) is 0 Å². The maximum absolute atomic E-state index is 11.2. The van der Waals surface area contributed by atoms with Crippen molar-refractivity contribution in [2.75, 3.05) is 12.4 Å². The van der Waals surface area contributed by atoms with E-state index < -0.39 is 11.4 Å². The largest absolute Gasteiger partial charge is 0.598 e. The summed E-state index contributed by atoms with van der Waals surface area (Å²) in [6, 6.07) is 0.268. The highest BCUT2D eigenvalue weighted by atomic mass is 32.2. The number of hydrogen-bond donors (Lipinski definition) is 1. The Morgan fingerprint density at radius 1 is 1.33 bits per heavy atom. The summed E-state index contributed by atoms with van der Waals surface area (Å²) in [5.74, 6) is 0.566. The van der Waals surface area contributed by atoms with Crippen LogP contribution in [0.25, 0.3) is 0 Å². The van der Waals surface area contributed by atoms with E-state index in [0.29, 0.717) is 12.4 Å². The summed E-state index contributed by atoms with van der Waals surface area (Å²) >= 11 is -0.942. The Bertz CT molecular complexity index is 109. The molecule has 1 N–H and O–H groups in total. The van der Waals surface area contributed by atoms with Crippen LogP contribution in [0.5, 0.6) is 0 Å². The van der Waals surface area contributed by atoms with Crippen LogP contribution in [0.1, 0.15) is 27.7 Å². The topological polar surface area (TPSA) is 44.3 Å². The molecule has 4 heteroatoms. The molecule has 0 heterocycles. The van der Waals surface area contributed by atoms with E-state index in [1.807, 2.05) is 27.7 Å². The van der Waals surface area contributed by atoms with Crippen LogP contribution in [0.2, 0.25) is 0 Å². The fourth-order valence-corrected chi connectivity index (χ4v) is 1.57. The number of rotatable bonds is 6. The van der Waals surface area contributed by atoms with E-state index >= 15 is 0 Å². The van der Waals surface area contributed by atoms with Crippen molar-refractivity contribution in [3.05, 3.63) is 0 Å². The molecule has 0 rings (SSSR count). The van der Waals surface area contributed by atoms with Gasteiger partial charge in [-0.25, -0.2) is 0 Å². The molecule has 1 unspecified atom stereocenters. The number of ether oxygens (including phenoxy) is 1. The van der Waals surface area contributed by atoms with Crippen LogP contribution in [0.3, 0.4) is 0 Å². The summed E-state index contributed by atoms with van der Waals surface area (Å²) in [5.41, 5.74) is 0. The molecule has 12 heavy (non-hydrogen) atoms. The van der Waals surface area contributed by atoms with Crippen molar-refractivity contribution in [2.24, 2.45) is 0 Å². The van der Waals surface area contributed by atoms with Gasteiger partial charge in [0.05, 0.1) is 12.7 Å². The van der Waals surface area contributed by atoms with Crippen molar-refractivity contribution < 1.29 is 9.29 Å². The molecule has 0 amide bonds. The predicted octanol–water partition coefficient (Wildman–Crippen LogP) is 1.07. The zero-order valence-corrected chi connectivity index (χ0v) is 9.11. The van der Waals surface area contributed by atoms with Crippen LogP contribution in [-0.2, 0) is 16.1 Å². The number of nitrogens with one attached hydrogen (secondary N) is 1. The lowest BCUT2D eigenvalue weighted by Crippen LogP contribution is -2.34. The fraction of sp³-hybridized carbons (Fsp3) is 1.00. The third-order valence-electron chi connectivity index (χ3n) is 1.09. The molecule has 0 saturated heterocycles. The first-order chi connectivity index (χ1) is 5.52. The zero-order chi connectivity index (χ0) is 9.56. The molecule has 0 aromatic carbocycles. The Labute approximate surface area is 78.2 Å². The van der Waals surface area contributed by atoms with Crippen molar-refractivity contribution in [3.63, 3.8) is 0 Å². The smallest absolute Gasteiger partial charge is 0.148 e. The van der Waals surface area contributed by atoms with Crippen LogP contribution >= 0.6 is 0 Å². The molecule has 0 aliphatic heterocycles. The Morgan fingerprint density at radius 3 is 2.33 bits per heavy atom. The monoisotopic (exact) mass is 193 g/mol. The standard InChI is InChI=1S/C8H19NO2S/c1-7(2)9-12(10)6-5-11-8(3)4/h7-9H,5-6H2,1-4H3. The summed E-state index contributed by atoms with van der Waals surface area (Å²) in [5, 5.41) is 0. The second-order valence-electron chi connectivity index (χ2n) is 3.24. The van der Waals surface area contributed by atoms with Gasteiger partial charge in [-0.15, -0.1) is 4.72 Å². The van der Waals surface area contributed by atoms with E-state index in [0.717, 1.165) is 0 Å². The second-order valence-corrected chi connectivity index (χ2v) is 4.58. The first-order valence-electron chi connectivity index (χ1n) is 4.28. The van der Waals surface area contributed by atoms with Crippen molar-refractivity contribution in [1.82, 2.24) is 4.72 Å². The van der Waals surface area contributed by atoms with E-state index in [1.54, 1.807) is 0 Å². The molecular formula is C8H19NO2S. The highest BCUT2D eigenvalue weighted by molar-refractivity contribution is 7.89. The molecule has 0 aliphatic rings. The van der Waals surface area contributed by atoms with Crippen LogP contribution in [0, 0.1) is 0 Å². The summed E-state index contributed by atoms with van der Waals surface area (Å²) < 4.78 is 19.3. The minimum absolute atomic E-state index is 0.223. The molecule has 0 spiro atoms. The maximum Gasteiger partial charge on any atom is 0.148 e. The van der Waals surface area contributed by atoms with Crippen LogP contribution in [0.15, 0.2) is 0 Å². The Balaban J connectivity index is 3.25. The maximum atomic E-state index is 11.2. The first kappa shape index (κ1) is 12.2. The molecule has 0 saturated carbocycles. The average Bonchev–Trinajstić information content (AvgIpc) is 1.84. The lowest BCUT2D eigenvalue weighted by Gasteiger charge is -2.14. The molecular weight excluding hydrogens is 174 g/mol. The third kappa shape index (κ3) is 8.33. The van der Waals surface area contributed by atoms with Gasteiger partial charge < -0.3 is 9.29 Å². The van der Waals surface area contributed by atoms with Gasteiger partial charge in [0.1, 0.15) is 5.75 Å². The lowest BCUT2D eigenvalue weighted by molar-refractivity contribution is 0.0911. The van der Waals surface area contributed by atoms with Crippen molar-refractivity contribution in [2.45, 2.75) is 39.8 Å². The minimum Gasteiger partial charge on any atom is -0.598 e. The third-order valence-corrected chi connectivity index (χ3v) is 2.36. The lowest BCUT2D eigenvalue weighted by atomic mass is 10.4. The van der Waals surface area contributed by atoms with Crippen molar-refractivity contribution >= 4 is 11.4 Å². The van der Waals surface area contributed by atoms with Crippen LogP contribution < -0.4 is 4.72 Å². The van der Waals surface area contributed by atoms with Gasteiger partial charge in [-0.05, 0) is 27.7 Å². The van der Waals surface area contributed by atoms with Gasteiger partial charge in [-0.3, -0.25) is 0 Å². The van der Waals surface area contributed by atoms with Crippen molar-refractivity contribution in [1.29, 1.82) is 0 Å². The molecule has 3 nitrogen and oxygen atoms in total. The van der Waals surface area contributed by atoms with Gasteiger partial charge in [0.2, 0.25) is 0 Å². The summed E-state index contributed by atoms with van der Waals surface area (Å²) in [6.45, 7) is 8.45. The van der Waals surface area contributed by atoms with E-state index in [9.17, 15) is 4.55 Å². The Hall–Kier alpha value is 0.230. The summed E-state index contributed by atoms with van der Waals surface area (Å²) in [6.07, 6.45) is 0.223. The average molecular weight is 193 g/mol. The molecule has 74 valence electrons. The van der Waals surface area contributed by atoms with E-state index in [2.05, 4.69) is 4.72 Å². The normalized spacial score (nSPS) is 14.2. The van der Waals surface area contributed by atoms with Gasteiger partial charge >= 0.3 is 0 Å². The molecule has 0 fully saturated rings. The van der Waals surface area contributed by atoms with Crippen molar-refractivity contribution in [3.8, 4) is 0 Å². The first-order valence-corrected chi connectivity index (χ1v) is 5.60. The predicted molar refractivity (Wildman–Crippen MR) is 52.4 cm³/mol. The highest BCUT2D eigenvalue weighted by Crippen LogP contribution is 1.92. The second kappa shape index (κ2) is 6.71. The van der Waals surface area contributed by atoms with E-state index in [4.69, 9.17) is 4.74 Å². The van der Waals surface area contributed by atoms with Gasteiger partial charge in [-0.1, -0.05) is 0 Å². The quantitative estimate of drug-likeness (QED) is 0.642. The van der Waals surface area contributed by atoms with Crippen LogP contribution in [-0.4, -0.2) is 29.1 Å². The number of hydrogen-bond acceptors (Lipinski definition) is 3. The van der Waals surface area contributed by atoms with Crippen LogP contribution in [0.4, 0.5) is 0 Å². The van der Waals surface area contributed by atoms with E-state index in [-0.39, 0.29) is 12.1 Å². The SMILES string of the molecule is CC(C)N[S+]([O-])CCOC(C)C. The molecule has 0 bridgehead atoms. The molecule has 0 aromatic rings. The Morgan fingerprint density at radius 2 is 1.92 bits per heavy atom. The molecule has 0 aliphatic carbocycles.